The standard InChI is InChI=1S/C12H14O3/c13-11-6-7-14-9-12(11)15-8-10-4-2-1-3-5-10/h1-5,12H,6-9H2. The molecule has 0 spiro atoms. The van der Waals surface area contributed by atoms with Crippen LogP contribution in [0.15, 0.2) is 30.3 Å². The molecule has 0 amide bonds. The summed E-state index contributed by atoms with van der Waals surface area (Å²) < 4.78 is 10.7. The molecule has 0 aromatic heterocycles. The average molecular weight is 206 g/mol. The van der Waals surface area contributed by atoms with E-state index < -0.39 is 0 Å². The highest BCUT2D eigenvalue weighted by Gasteiger charge is 2.23. The first kappa shape index (κ1) is 10.3. The van der Waals surface area contributed by atoms with Crippen LogP contribution in [0.1, 0.15) is 12.0 Å². The summed E-state index contributed by atoms with van der Waals surface area (Å²) in [4.78, 5) is 11.4. The van der Waals surface area contributed by atoms with Crippen molar-refractivity contribution in [3.63, 3.8) is 0 Å². The number of ketones is 1. The van der Waals surface area contributed by atoms with E-state index in [-0.39, 0.29) is 11.9 Å². The van der Waals surface area contributed by atoms with Crippen LogP contribution < -0.4 is 0 Å². The van der Waals surface area contributed by atoms with Crippen molar-refractivity contribution in [3.05, 3.63) is 35.9 Å². The maximum absolute atomic E-state index is 11.4. The molecule has 0 radical (unpaired) electrons. The van der Waals surface area contributed by atoms with Crippen molar-refractivity contribution in [3.8, 4) is 0 Å². The average Bonchev–Trinajstić information content (AvgIpc) is 2.29. The van der Waals surface area contributed by atoms with Gasteiger partial charge in [0.15, 0.2) is 5.78 Å². The van der Waals surface area contributed by atoms with E-state index >= 15 is 0 Å². The lowest BCUT2D eigenvalue weighted by molar-refractivity contribution is -0.143. The summed E-state index contributed by atoms with van der Waals surface area (Å²) in [6, 6.07) is 9.83. The van der Waals surface area contributed by atoms with Crippen LogP contribution in [0.25, 0.3) is 0 Å². The molecule has 1 fully saturated rings. The third-order valence-electron chi connectivity index (χ3n) is 2.42. The van der Waals surface area contributed by atoms with E-state index in [0.717, 1.165) is 5.56 Å². The minimum Gasteiger partial charge on any atom is -0.378 e. The predicted octanol–water partition coefficient (Wildman–Crippen LogP) is 1.56. The van der Waals surface area contributed by atoms with Gasteiger partial charge in [0, 0.05) is 6.42 Å². The van der Waals surface area contributed by atoms with Crippen LogP contribution >= 0.6 is 0 Å². The van der Waals surface area contributed by atoms with Crippen molar-refractivity contribution in [2.75, 3.05) is 13.2 Å². The van der Waals surface area contributed by atoms with Crippen molar-refractivity contribution in [2.24, 2.45) is 0 Å². The fourth-order valence-corrected chi connectivity index (χ4v) is 1.53. The van der Waals surface area contributed by atoms with Gasteiger partial charge < -0.3 is 9.47 Å². The van der Waals surface area contributed by atoms with Gasteiger partial charge in [-0.15, -0.1) is 0 Å². The third-order valence-corrected chi connectivity index (χ3v) is 2.42. The van der Waals surface area contributed by atoms with Gasteiger partial charge in [0.05, 0.1) is 19.8 Å². The molecule has 2 rings (SSSR count). The smallest absolute Gasteiger partial charge is 0.166 e. The Bertz CT molecular complexity index is 321. The first-order chi connectivity index (χ1) is 7.36. The maximum atomic E-state index is 11.4. The van der Waals surface area contributed by atoms with E-state index in [1.54, 1.807) is 0 Å². The number of carbonyl (C=O) groups excluding carboxylic acids is 1. The van der Waals surface area contributed by atoms with E-state index in [4.69, 9.17) is 9.47 Å². The number of Topliss-reactive ketones (excluding diaryl/α,β-unsaturated/α-hetero) is 1. The van der Waals surface area contributed by atoms with Gasteiger partial charge in [0.25, 0.3) is 0 Å². The SMILES string of the molecule is O=C1CCOCC1OCc1ccccc1. The second kappa shape index (κ2) is 5.05. The summed E-state index contributed by atoms with van der Waals surface area (Å²) in [5.41, 5.74) is 1.08. The van der Waals surface area contributed by atoms with Crippen molar-refractivity contribution in [1.82, 2.24) is 0 Å². The highest BCUT2D eigenvalue weighted by atomic mass is 16.5. The fraction of sp³-hybridized carbons (Fsp3) is 0.417. The molecule has 0 N–H and O–H groups in total. The van der Waals surface area contributed by atoms with Crippen LogP contribution in [0.2, 0.25) is 0 Å². The van der Waals surface area contributed by atoms with Crippen LogP contribution in [0.4, 0.5) is 0 Å². The zero-order chi connectivity index (χ0) is 10.5. The molecule has 0 saturated carbocycles. The van der Waals surface area contributed by atoms with E-state index in [1.165, 1.54) is 0 Å². The Labute approximate surface area is 89.0 Å². The van der Waals surface area contributed by atoms with Gasteiger partial charge in [-0.2, -0.15) is 0 Å². The Kier molecular flexibility index (Phi) is 3.48. The maximum Gasteiger partial charge on any atom is 0.166 e. The Morgan fingerprint density at radius 1 is 1.33 bits per heavy atom. The van der Waals surface area contributed by atoms with Crippen molar-refractivity contribution >= 4 is 5.78 Å². The topological polar surface area (TPSA) is 35.5 Å². The highest BCUT2D eigenvalue weighted by Crippen LogP contribution is 2.09. The van der Waals surface area contributed by atoms with Crippen LogP contribution in [0, 0.1) is 0 Å². The number of carbonyl (C=O) groups is 1. The summed E-state index contributed by atoms with van der Waals surface area (Å²) in [7, 11) is 0. The minimum absolute atomic E-state index is 0.150. The predicted molar refractivity (Wildman–Crippen MR) is 55.5 cm³/mol. The molecule has 1 unspecified atom stereocenters. The van der Waals surface area contributed by atoms with Gasteiger partial charge in [-0.3, -0.25) is 4.79 Å². The van der Waals surface area contributed by atoms with E-state index in [2.05, 4.69) is 0 Å². The summed E-state index contributed by atoms with van der Waals surface area (Å²) in [5.74, 6) is 0.150. The molecule has 15 heavy (non-hydrogen) atoms. The summed E-state index contributed by atoms with van der Waals surface area (Å²) in [6.45, 7) is 1.40. The van der Waals surface area contributed by atoms with Crippen molar-refractivity contribution in [2.45, 2.75) is 19.1 Å². The van der Waals surface area contributed by atoms with Crippen molar-refractivity contribution in [1.29, 1.82) is 0 Å². The molecular formula is C12H14O3. The van der Waals surface area contributed by atoms with Gasteiger partial charge in [0.1, 0.15) is 6.10 Å². The van der Waals surface area contributed by atoms with Gasteiger partial charge >= 0.3 is 0 Å². The number of hydrogen-bond acceptors (Lipinski definition) is 3. The quantitative estimate of drug-likeness (QED) is 0.753. The molecule has 1 aliphatic rings. The van der Waals surface area contributed by atoms with Crippen LogP contribution in [-0.2, 0) is 20.9 Å². The zero-order valence-electron chi connectivity index (χ0n) is 8.52. The van der Waals surface area contributed by atoms with E-state index in [1.807, 2.05) is 30.3 Å². The molecule has 0 aliphatic carbocycles. The Balaban J connectivity index is 1.85. The van der Waals surface area contributed by atoms with E-state index in [9.17, 15) is 4.79 Å². The molecular weight excluding hydrogens is 192 g/mol. The molecule has 1 saturated heterocycles. The molecule has 3 nitrogen and oxygen atoms in total. The van der Waals surface area contributed by atoms with Gasteiger partial charge in [-0.25, -0.2) is 0 Å². The summed E-state index contributed by atoms with van der Waals surface area (Å²) in [5, 5.41) is 0. The molecule has 1 aromatic carbocycles. The molecule has 3 heteroatoms. The lowest BCUT2D eigenvalue weighted by atomic mass is 10.1. The van der Waals surface area contributed by atoms with Gasteiger partial charge in [-0.05, 0) is 5.56 Å². The molecule has 1 heterocycles. The molecule has 80 valence electrons. The zero-order valence-corrected chi connectivity index (χ0v) is 8.52. The normalized spacial score (nSPS) is 21.6. The fourth-order valence-electron chi connectivity index (χ4n) is 1.53. The van der Waals surface area contributed by atoms with Gasteiger partial charge in [0.2, 0.25) is 0 Å². The Morgan fingerprint density at radius 2 is 2.13 bits per heavy atom. The lowest BCUT2D eigenvalue weighted by Gasteiger charge is -2.21. The molecule has 0 bridgehead atoms. The van der Waals surface area contributed by atoms with Crippen LogP contribution in [0.5, 0.6) is 0 Å². The number of benzene rings is 1. The number of rotatable bonds is 3. The number of ether oxygens (including phenoxy) is 2. The Hall–Kier alpha value is -1.19. The second-order valence-corrected chi connectivity index (χ2v) is 3.58. The monoisotopic (exact) mass is 206 g/mol. The largest absolute Gasteiger partial charge is 0.378 e. The lowest BCUT2D eigenvalue weighted by Crippen LogP contribution is -2.34. The second-order valence-electron chi connectivity index (χ2n) is 3.58. The molecule has 1 atom stereocenters. The summed E-state index contributed by atoms with van der Waals surface area (Å²) >= 11 is 0. The van der Waals surface area contributed by atoms with Gasteiger partial charge in [-0.1, -0.05) is 30.3 Å². The minimum atomic E-state index is -0.376. The number of hydrogen-bond donors (Lipinski definition) is 0. The van der Waals surface area contributed by atoms with Crippen LogP contribution in [0.3, 0.4) is 0 Å². The first-order valence-corrected chi connectivity index (χ1v) is 5.12. The van der Waals surface area contributed by atoms with Crippen molar-refractivity contribution < 1.29 is 14.3 Å². The van der Waals surface area contributed by atoms with Crippen LogP contribution in [-0.4, -0.2) is 25.1 Å². The molecule has 1 aliphatic heterocycles. The summed E-state index contributed by atoms with van der Waals surface area (Å²) in [6.07, 6.45) is 0.0957. The van der Waals surface area contributed by atoms with E-state index in [0.29, 0.717) is 26.2 Å². The third kappa shape index (κ3) is 2.88. The highest BCUT2D eigenvalue weighted by molar-refractivity contribution is 5.83. The Morgan fingerprint density at radius 3 is 2.87 bits per heavy atom. The molecule has 1 aromatic rings. The first-order valence-electron chi connectivity index (χ1n) is 5.12.